The third-order valence-electron chi connectivity index (χ3n) is 4.05. The molecule has 3 rings (SSSR count). The van der Waals surface area contributed by atoms with Gasteiger partial charge in [-0.2, -0.15) is 17.6 Å². The summed E-state index contributed by atoms with van der Waals surface area (Å²) in [5.74, 6) is -0.247. The van der Waals surface area contributed by atoms with E-state index in [0.717, 1.165) is 12.1 Å². The second-order valence-electron chi connectivity index (χ2n) is 5.69. The predicted octanol–water partition coefficient (Wildman–Crippen LogP) is 2.77. The lowest BCUT2D eigenvalue weighted by Gasteiger charge is -2.28. The molecule has 0 radical (unpaired) electrons. The molecule has 0 bridgehead atoms. The number of hydrogen-bond acceptors (Lipinski definition) is 4. The number of carbonyl (C=O) groups is 1. The molecule has 2 aliphatic heterocycles. The van der Waals surface area contributed by atoms with Crippen molar-refractivity contribution in [3.63, 3.8) is 0 Å². The molecule has 1 spiro atoms. The van der Waals surface area contributed by atoms with Crippen LogP contribution < -0.4 is 15.4 Å². The molecule has 146 valence electrons. The Hall–Kier alpha value is -1.58. The summed E-state index contributed by atoms with van der Waals surface area (Å²) in [5.41, 5.74) is -0.301. The number of nitrogens with zero attached hydrogens (tertiary/aromatic N) is 1. The van der Waals surface area contributed by atoms with E-state index in [0.29, 0.717) is 37.3 Å². The van der Waals surface area contributed by atoms with Crippen LogP contribution in [0.5, 0.6) is 5.75 Å². The summed E-state index contributed by atoms with van der Waals surface area (Å²) in [4.78, 5) is 16.7. The van der Waals surface area contributed by atoms with Gasteiger partial charge in [0.25, 0.3) is 5.91 Å². The fourth-order valence-corrected chi connectivity index (χ4v) is 2.72. The van der Waals surface area contributed by atoms with Gasteiger partial charge in [-0.05, 0) is 50.2 Å². The van der Waals surface area contributed by atoms with Crippen molar-refractivity contribution in [2.24, 2.45) is 4.99 Å². The maximum absolute atomic E-state index is 12.9. The molecule has 11 heteroatoms. The Morgan fingerprint density at radius 2 is 1.69 bits per heavy atom. The van der Waals surface area contributed by atoms with Gasteiger partial charge in [-0.25, -0.2) is 0 Å². The van der Waals surface area contributed by atoms with E-state index in [4.69, 9.17) is 0 Å². The van der Waals surface area contributed by atoms with Gasteiger partial charge in [-0.3, -0.25) is 9.79 Å². The van der Waals surface area contributed by atoms with Crippen molar-refractivity contribution in [1.29, 1.82) is 0 Å². The maximum atomic E-state index is 12.9. The Morgan fingerprint density at radius 1 is 1.12 bits per heavy atom. The Morgan fingerprint density at radius 3 is 2.23 bits per heavy atom. The minimum absolute atomic E-state index is 0. The predicted molar refractivity (Wildman–Crippen MR) is 92.0 cm³/mol. The van der Waals surface area contributed by atoms with Crippen LogP contribution in [-0.4, -0.2) is 42.9 Å². The summed E-state index contributed by atoms with van der Waals surface area (Å²) in [6, 6.07) is 5.04. The highest BCUT2D eigenvalue weighted by atomic mass is 35.5. The van der Waals surface area contributed by atoms with Crippen LogP contribution in [0.4, 0.5) is 17.6 Å². The molecule has 2 heterocycles. The van der Waals surface area contributed by atoms with Crippen molar-refractivity contribution in [3.05, 3.63) is 29.8 Å². The van der Waals surface area contributed by atoms with Crippen molar-refractivity contribution in [2.45, 2.75) is 30.9 Å². The molecule has 26 heavy (non-hydrogen) atoms. The van der Waals surface area contributed by atoms with Crippen molar-refractivity contribution in [3.8, 4) is 5.75 Å². The zero-order valence-electron chi connectivity index (χ0n) is 13.3. The van der Waals surface area contributed by atoms with Crippen LogP contribution in [-0.2, 0) is 4.79 Å². The molecule has 0 aliphatic carbocycles. The van der Waals surface area contributed by atoms with Crippen molar-refractivity contribution < 1.29 is 27.1 Å². The summed E-state index contributed by atoms with van der Waals surface area (Å²) in [6.45, 7) is 1.36. The van der Waals surface area contributed by atoms with E-state index in [1.165, 1.54) is 12.1 Å². The second-order valence-corrected chi connectivity index (χ2v) is 5.69. The summed E-state index contributed by atoms with van der Waals surface area (Å²) in [7, 11) is 0. The quantitative estimate of drug-likeness (QED) is 0.740. The number of hydrogen-bond donors (Lipinski definition) is 2. The van der Waals surface area contributed by atoms with Crippen molar-refractivity contribution >= 4 is 36.6 Å². The van der Waals surface area contributed by atoms with Crippen LogP contribution in [0.3, 0.4) is 0 Å². The number of alkyl halides is 4. The highest BCUT2D eigenvalue weighted by Gasteiger charge is 2.45. The molecule has 5 nitrogen and oxygen atoms in total. The van der Waals surface area contributed by atoms with Crippen LogP contribution >= 0.6 is 24.8 Å². The zero-order valence-corrected chi connectivity index (χ0v) is 14.9. The molecule has 0 unspecified atom stereocenters. The van der Waals surface area contributed by atoms with E-state index in [-0.39, 0.29) is 30.7 Å². The van der Waals surface area contributed by atoms with Gasteiger partial charge in [0, 0.05) is 5.56 Å². The molecule has 1 aromatic carbocycles. The molecule has 2 N–H and O–H groups in total. The smallest absolute Gasteiger partial charge is 0.428 e. The summed E-state index contributed by atoms with van der Waals surface area (Å²) >= 11 is 0. The highest BCUT2D eigenvalue weighted by Crippen LogP contribution is 2.30. The molecule has 1 saturated heterocycles. The minimum Gasteiger partial charge on any atom is -0.428 e. The summed E-state index contributed by atoms with van der Waals surface area (Å²) in [5, 5.41) is 5.84. The van der Waals surface area contributed by atoms with E-state index in [9.17, 15) is 22.4 Å². The largest absolute Gasteiger partial charge is 0.461 e. The monoisotopic (exact) mass is 417 g/mol. The molecular weight excluding hydrogens is 401 g/mol. The number of benzene rings is 1. The van der Waals surface area contributed by atoms with E-state index < -0.39 is 23.8 Å². The standard InChI is InChI=1S/C15H15F4N3O2.2ClH/c16-12(17)15(18,19)24-10-3-1-9(2-4-10)11-21-13(23)14(22-11)5-7-20-8-6-14;;/h1-4,12,20H,5-8H2,(H,21,22,23);2*1H. The normalized spacial score (nSPS) is 18.7. The van der Waals surface area contributed by atoms with E-state index in [1.807, 2.05) is 0 Å². The first-order chi connectivity index (χ1) is 11.3. The van der Waals surface area contributed by atoms with E-state index in [2.05, 4.69) is 20.4 Å². The molecule has 1 aromatic rings. The van der Waals surface area contributed by atoms with Gasteiger partial charge >= 0.3 is 12.5 Å². The lowest BCUT2D eigenvalue weighted by atomic mass is 9.89. The van der Waals surface area contributed by atoms with Gasteiger partial charge in [0.1, 0.15) is 17.1 Å². The number of amides is 1. The van der Waals surface area contributed by atoms with Crippen LogP contribution in [0, 0.1) is 0 Å². The fourth-order valence-electron chi connectivity index (χ4n) is 2.72. The van der Waals surface area contributed by atoms with E-state index >= 15 is 0 Å². The molecule has 0 saturated carbocycles. The van der Waals surface area contributed by atoms with Crippen LogP contribution in [0.15, 0.2) is 29.3 Å². The number of halogens is 6. The number of carbonyl (C=O) groups excluding carboxylic acids is 1. The second kappa shape index (κ2) is 8.41. The Balaban J connectivity index is 0.00000169. The first-order valence-corrected chi connectivity index (χ1v) is 7.40. The zero-order chi connectivity index (χ0) is 17.4. The van der Waals surface area contributed by atoms with Gasteiger partial charge in [0.2, 0.25) is 0 Å². The number of nitrogens with one attached hydrogen (secondary N) is 2. The maximum Gasteiger partial charge on any atom is 0.461 e. The van der Waals surface area contributed by atoms with Gasteiger partial charge in [0.05, 0.1) is 0 Å². The third kappa shape index (κ3) is 4.39. The van der Waals surface area contributed by atoms with Crippen LogP contribution in [0.2, 0.25) is 0 Å². The Kier molecular flexibility index (Phi) is 7.26. The molecule has 2 aliphatic rings. The van der Waals surface area contributed by atoms with E-state index in [1.54, 1.807) is 0 Å². The Labute approximate surface area is 159 Å². The lowest BCUT2D eigenvalue weighted by molar-refractivity contribution is -0.253. The first-order valence-electron chi connectivity index (χ1n) is 7.40. The highest BCUT2D eigenvalue weighted by molar-refractivity contribution is 6.15. The molecule has 0 atom stereocenters. The number of rotatable bonds is 4. The van der Waals surface area contributed by atoms with Gasteiger partial charge in [-0.1, -0.05) is 0 Å². The Bertz CT molecular complexity index is 665. The lowest BCUT2D eigenvalue weighted by Crippen LogP contribution is -2.47. The topological polar surface area (TPSA) is 62.7 Å². The van der Waals surface area contributed by atoms with Crippen LogP contribution in [0.1, 0.15) is 18.4 Å². The summed E-state index contributed by atoms with van der Waals surface area (Å²) in [6.07, 6.45) is -7.33. The van der Waals surface area contributed by atoms with Gasteiger partial charge < -0.3 is 15.4 Å². The molecule has 1 amide bonds. The number of amidine groups is 1. The van der Waals surface area contributed by atoms with Crippen molar-refractivity contribution in [2.75, 3.05) is 13.1 Å². The first kappa shape index (κ1) is 22.5. The average Bonchev–Trinajstić information content (AvgIpc) is 2.85. The number of aliphatic imine (C=N–C) groups is 1. The van der Waals surface area contributed by atoms with Gasteiger partial charge in [0.15, 0.2) is 0 Å². The number of piperidine rings is 1. The van der Waals surface area contributed by atoms with Gasteiger partial charge in [-0.15, -0.1) is 24.8 Å². The van der Waals surface area contributed by atoms with Crippen molar-refractivity contribution in [1.82, 2.24) is 10.6 Å². The molecule has 0 aromatic heterocycles. The minimum atomic E-state index is -4.56. The number of ether oxygens (including phenoxy) is 1. The average molecular weight is 418 g/mol. The fraction of sp³-hybridized carbons (Fsp3) is 0.467. The van der Waals surface area contributed by atoms with Crippen LogP contribution in [0.25, 0.3) is 0 Å². The summed E-state index contributed by atoms with van der Waals surface area (Å²) < 4.78 is 54.0. The molecule has 1 fully saturated rings. The molecular formula is C15H17Cl2F4N3O2. The third-order valence-corrected chi connectivity index (χ3v) is 4.05. The SMILES string of the molecule is Cl.Cl.O=C1NC(c2ccc(OC(F)(F)C(F)F)cc2)=NC12CCNCC2.